The third-order valence-corrected chi connectivity index (χ3v) is 5.22. The van der Waals surface area contributed by atoms with Crippen LogP contribution in [0.2, 0.25) is 0 Å². The minimum Gasteiger partial charge on any atom is -0.412 e. The van der Waals surface area contributed by atoms with Crippen molar-refractivity contribution in [3.63, 3.8) is 0 Å². The van der Waals surface area contributed by atoms with Crippen molar-refractivity contribution in [1.29, 1.82) is 0 Å². The lowest BCUT2D eigenvalue weighted by atomic mass is 9.99. The van der Waals surface area contributed by atoms with Crippen molar-refractivity contribution in [2.45, 2.75) is 50.7 Å². The number of piperidine rings is 1. The Kier molecular flexibility index (Phi) is 9.05. The Morgan fingerprint density at radius 1 is 1.07 bits per heavy atom. The number of benzene rings is 1. The number of amides is 1. The fourth-order valence-electron chi connectivity index (χ4n) is 3.92. The maximum Gasteiger partial charge on any atom is 0.416 e. The molecule has 0 aliphatic carbocycles. The van der Waals surface area contributed by atoms with Gasteiger partial charge in [-0.25, -0.2) is 0 Å². The molecule has 2 saturated heterocycles. The Morgan fingerprint density at radius 2 is 1.74 bits per heavy atom. The van der Waals surface area contributed by atoms with Crippen molar-refractivity contribution in [3.05, 3.63) is 35.4 Å². The van der Waals surface area contributed by atoms with Gasteiger partial charge in [-0.05, 0) is 56.8 Å². The molecular weight excluding hydrogens is 381 g/mol. The molecule has 0 spiro atoms. The van der Waals surface area contributed by atoms with Crippen LogP contribution in [-0.4, -0.2) is 53.4 Å². The van der Waals surface area contributed by atoms with E-state index >= 15 is 0 Å². The van der Waals surface area contributed by atoms with Gasteiger partial charge in [-0.3, -0.25) is 4.79 Å². The van der Waals surface area contributed by atoms with Crippen molar-refractivity contribution in [1.82, 2.24) is 9.80 Å². The largest absolute Gasteiger partial charge is 0.416 e. The number of likely N-dealkylation sites (tertiary alicyclic amines) is 2. The van der Waals surface area contributed by atoms with Crippen LogP contribution in [0, 0.1) is 0 Å². The van der Waals surface area contributed by atoms with Crippen LogP contribution in [0.25, 0.3) is 0 Å². The normalized spacial score (nSPS) is 20.7. The Bertz CT molecular complexity index is 607. The predicted octanol–water partition coefficient (Wildman–Crippen LogP) is 3.32. The first kappa shape index (κ1) is 23.7. The van der Waals surface area contributed by atoms with Crippen LogP contribution in [0.5, 0.6) is 0 Å². The summed E-state index contributed by atoms with van der Waals surface area (Å²) < 4.78 is 38.5. The number of hydrogen-bond acceptors (Lipinski definition) is 2. The summed E-state index contributed by atoms with van der Waals surface area (Å²) in [4.78, 5) is 17.0. The first-order chi connectivity index (χ1) is 11.9. The minimum absolute atomic E-state index is 0. The summed E-state index contributed by atoms with van der Waals surface area (Å²) in [6.07, 6.45) is 1.18. The number of carbonyl (C=O) groups excluding carboxylic acids is 1. The summed E-state index contributed by atoms with van der Waals surface area (Å²) in [6, 6.07) is 5.32. The van der Waals surface area contributed by atoms with E-state index in [1.165, 1.54) is 18.9 Å². The first-order valence-electron chi connectivity index (χ1n) is 9.11. The van der Waals surface area contributed by atoms with Gasteiger partial charge < -0.3 is 15.3 Å². The lowest BCUT2D eigenvalue weighted by Gasteiger charge is -2.38. The van der Waals surface area contributed by atoms with Crippen molar-refractivity contribution in [3.8, 4) is 0 Å². The Morgan fingerprint density at radius 3 is 2.41 bits per heavy atom. The van der Waals surface area contributed by atoms with E-state index in [-0.39, 0.29) is 36.3 Å². The number of carbonyl (C=O) groups is 1. The van der Waals surface area contributed by atoms with Crippen LogP contribution in [-0.2, 0) is 17.4 Å². The molecule has 27 heavy (non-hydrogen) atoms. The summed E-state index contributed by atoms with van der Waals surface area (Å²) in [6.45, 7) is 3.79. The highest BCUT2D eigenvalue weighted by atomic mass is 35.5. The van der Waals surface area contributed by atoms with Gasteiger partial charge in [-0.1, -0.05) is 18.2 Å². The number of rotatable bonds is 4. The molecule has 2 fully saturated rings. The zero-order valence-electron chi connectivity index (χ0n) is 15.3. The molecular formula is C19H28ClF3N2O2. The van der Waals surface area contributed by atoms with Crippen molar-refractivity contribution < 1.29 is 23.4 Å². The number of alkyl halides is 3. The van der Waals surface area contributed by atoms with Crippen molar-refractivity contribution in [2.75, 3.05) is 26.2 Å². The molecule has 1 atom stereocenters. The lowest BCUT2D eigenvalue weighted by molar-refractivity contribution is -0.138. The van der Waals surface area contributed by atoms with Gasteiger partial charge in [0.25, 0.3) is 0 Å². The molecule has 2 N–H and O–H groups in total. The summed E-state index contributed by atoms with van der Waals surface area (Å²) >= 11 is 0. The number of hydrogen-bond donors (Lipinski definition) is 0. The molecule has 4 nitrogen and oxygen atoms in total. The highest BCUT2D eigenvalue weighted by Crippen LogP contribution is 2.30. The second kappa shape index (κ2) is 10.3. The van der Waals surface area contributed by atoms with Crippen molar-refractivity contribution >= 4 is 18.3 Å². The third kappa shape index (κ3) is 6.36. The maximum atomic E-state index is 12.8. The van der Waals surface area contributed by atoms with Gasteiger partial charge in [0.1, 0.15) is 0 Å². The zero-order chi connectivity index (χ0) is 17.9. The molecule has 0 bridgehead atoms. The molecule has 1 aromatic carbocycles. The molecule has 3 rings (SSSR count). The highest BCUT2D eigenvalue weighted by Gasteiger charge is 2.32. The third-order valence-electron chi connectivity index (χ3n) is 5.22. The molecule has 0 saturated carbocycles. The average Bonchev–Trinajstić information content (AvgIpc) is 3.08. The van der Waals surface area contributed by atoms with Crippen LogP contribution in [0.1, 0.15) is 43.2 Å². The van der Waals surface area contributed by atoms with Gasteiger partial charge >= 0.3 is 6.18 Å². The second-order valence-corrected chi connectivity index (χ2v) is 7.12. The summed E-state index contributed by atoms with van der Waals surface area (Å²) in [5.41, 5.74) is -0.254. The molecule has 0 unspecified atom stereocenters. The minimum atomic E-state index is -4.37. The van der Waals surface area contributed by atoms with E-state index in [4.69, 9.17) is 0 Å². The van der Waals surface area contributed by atoms with E-state index in [1.54, 1.807) is 6.07 Å². The molecule has 2 aliphatic rings. The molecule has 1 aromatic rings. The smallest absolute Gasteiger partial charge is 0.412 e. The summed E-state index contributed by atoms with van der Waals surface area (Å²) in [5, 5.41) is 0. The molecule has 154 valence electrons. The molecule has 1 amide bonds. The van der Waals surface area contributed by atoms with E-state index in [0.29, 0.717) is 5.56 Å². The van der Waals surface area contributed by atoms with E-state index in [9.17, 15) is 18.0 Å². The van der Waals surface area contributed by atoms with Crippen LogP contribution >= 0.6 is 12.4 Å². The zero-order valence-corrected chi connectivity index (χ0v) is 16.1. The standard InChI is InChI=1S/C19H25F3N2O.ClH.H2O/c20-19(21,22)16-7-5-6-15(12-16)13-18(25)24-11-2-1-8-17(24)14-23-9-3-4-10-23;;/h5-7,12,17H,1-4,8-11,13-14H2;1H;1H2/t17-;;/m1../s1. The fourth-order valence-corrected chi connectivity index (χ4v) is 3.92. The fraction of sp³-hybridized carbons (Fsp3) is 0.632. The second-order valence-electron chi connectivity index (χ2n) is 7.12. The van der Waals surface area contributed by atoms with Crippen LogP contribution in [0.15, 0.2) is 24.3 Å². The van der Waals surface area contributed by atoms with Gasteiger partial charge in [-0.2, -0.15) is 13.2 Å². The molecule has 0 aromatic heterocycles. The van der Waals surface area contributed by atoms with E-state index < -0.39 is 11.7 Å². The van der Waals surface area contributed by atoms with E-state index in [1.807, 2.05) is 4.90 Å². The quantitative estimate of drug-likeness (QED) is 0.767. The monoisotopic (exact) mass is 408 g/mol. The lowest BCUT2D eigenvalue weighted by Crippen LogP contribution is -2.49. The van der Waals surface area contributed by atoms with E-state index in [0.717, 1.165) is 57.6 Å². The van der Waals surface area contributed by atoms with Gasteiger partial charge in [0.05, 0.1) is 12.0 Å². The highest BCUT2D eigenvalue weighted by molar-refractivity contribution is 5.85. The molecule has 0 radical (unpaired) electrons. The average molecular weight is 409 g/mol. The molecule has 2 heterocycles. The van der Waals surface area contributed by atoms with Gasteiger partial charge in [-0.15, -0.1) is 12.4 Å². The van der Waals surface area contributed by atoms with Crippen molar-refractivity contribution in [2.24, 2.45) is 0 Å². The predicted molar refractivity (Wildman–Crippen MR) is 101 cm³/mol. The Labute approximate surface area is 164 Å². The van der Waals surface area contributed by atoms with E-state index in [2.05, 4.69) is 4.90 Å². The number of nitrogens with zero attached hydrogens (tertiary/aromatic N) is 2. The van der Waals surface area contributed by atoms with Gasteiger partial charge in [0, 0.05) is 19.1 Å². The summed E-state index contributed by atoms with van der Waals surface area (Å²) in [5.74, 6) is -0.0526. The first-order valence-corrected chi connectivity index (χ1v) is 9.11. The Hall–Kier alpha value is -1.31. The van der Waals surface area contributed by atoms with Crippen LogP contribution in [0.4, 0.5) is 13.2 Å². The Balaban J connectivity index is 0.00000182. The van der Waals surface area contributed by atoms with Crippen LogP contribution < -0.4 is 0 Å². The number of halogens is 4. The van der Waals surface area contributed by atoms with Crippen LogP contribution in [0.3, 0.4) is 0 Å². The molecule has 2 aliphatic heterocycles. The summed E-state index contributed by atoms with van der Waals surface area (Å²) in [7, 11) is 0. The maximum absolute atomic E-state index is 12.8. The van der Waals surface area contributed by atoms with Gasteiger partial charge in [0.15, 0.2) is 0 Å². The SMILES string of the molecule is Cl.O.O=C(Cc1cccc(C(F)(F)F)c1)N1CCCC[C@@H]1CN1CCCC1. The van der Waals surface area contributed by atoms with Gasteiger partial charge in [0.2, 0.25) is 5.91 Å². The topological polar surface area (TPSA) is 55.1 Å². The molecule has 8 heteroatoms.